The van der Waals surface area contributed by atoms with E-state index in [4.69, 9.17) is 0 Å². The van der Waals surface area contributed by atoms with Gasteiger partial charge < -0.3 is 25.5 Å². The minimum absolute atomic E-state index is 0.0903. The van der Waals surface area contributed by atoms with Gasteiger partial charge in [-0.05, 0) is 99.2 Å². The molecule has 0 aromatic carbocycles. The minimum atomic E-state index is -1.10. The summed E-state index contributed by atoms with van der Waals surface area (Å²) in [4.78, 5) is 0. The summed E-state index contributed by atoms with van der Waals surface area (Å²) >= 11 is 0. The molecule has 2 saturated carbocycles. The van der Waals surface area contributed by atoms with Crippen LogP contribution >= 0.6 is 0 Å². The van der Waals surface area contributed by atoms with Crippen molar-refractivity contribution in [1.82, 2.24) is 0 Å². The van der Waals surface area contributed by atoms with Gasteiger partial charge in [0.05, 0.1) is 30.0 Å². The molecule has 5 N–H and O–H groups in total. The van der Waals surface area contributed by atoms with Crippen molar-refractivity contribution in [1.29, 1.82) is 0 Å². The van der Waals surface area contributed by atoms with Crippen LogP contribution in [0.25, 0.3) is 0 Å². The molecule has 0 aromatic heterocycles. The molecule has 10 atom stereocenters. The fourth-order valence-corrected chi connectivity index (χ4v) is 9.75. The van der Waals surface area contributed by atoms with Crippen molar-refractivity contribution in [2.24, 2.45) is 39.4 Å². The van der Waals surface area contributed by atoms with Crippen molar-refractivity contribution >= 4 is 0 Å². The van der Waals surface area contributed by atoms with E-state index in [-0.39, 0.29) is 27.6 Å². The van der Waals surface area contributed by atoms with Gasteiger partial charge in [0.2, 0.25) is 0 Å². The van der Waals surface area contributed by atoms with E-state index in [1.54, 1.807) is 13.8 Å². The lowest BCUT2D eigenvalue weighted by Gasteiger charge is -2.63. The highest BCUT2D eigenvalue weighted by atomic mass is 16.3. The average molecular weight is 493 g/mol. The second-order valence-electron chi connectivity index (χ2n) is 14.7. The lowest BCUT2D eigenvalue weighted by molar-refractivity contribution is -0.163. The van der Waals surface area contributed by atoms with Crippen molar-refractivity contribution in [2.45, 2.75) is 137 Å². The van der Waals surface area contributed by atoms with Gasteiger partial charge in [-0.15, -0.1) is 0 Å². The predicted octanol–water partition coefficient (Wildman–Crippen LogP) is 4.59. The minimum Gasteiger partial charge on any atom is -0.392 e. The lowest BCUT2D eigenvalue weighted by Crippen LogP contribution is -2.61. The van der Waals surface area contributed by atoms with Gasteiger partial charge in [-0.2, -0.15) is 0 Å². The normalized spacial score (nSPS) is 47.1. The molecule has 35 heavy (non-hydrogen) atoms. The summed E-state index contributed by atoms with van der Waals surface area (Å²) < 4.78 is 0. The van der Waals surface area contributed by atoms with Crippen LogP contribution in [0.15, 0.2) is 11.1 Å². The van der Waals surface area contributed by atoms with Gasteiger partial charge in [0, 0.05) is 5.41 Å². The number of hydrogen-bond acceptors (Lipinski definition) is 5. The predicted molar refractivity (Wildman–Crippen MR) is 139 cm³/mol. The van der Waals surface area contributed by atoms with Gasteiger partial charge in [0.25, 0.3) is 0 Å². The molecule has 0 amide bonds. The van der Waals surface area contributed by atoms with Crippen molar-refractivity contribution in [2.75, 3.05) is 0 Å². The first-order chi connectivity index (χ1) is 15.9. The molecule has 0 spiro atoms. The molecule has 202 valence electrons. The fourth-order valence-electron chi connectivity index (χ4n) is 9.75. The molecule has 4 aliphatic rings. The Morgan fingerprint density at radius 2 is 1.60 bits per heavy atom. The molecule has 2 fully saturated rings. The molecule has 4 rings (SSSR count). The first-order valence-electron chi connectivity index (χ1n) is 14.1. The van der Waals surface area contributed by atoms with Crippen LogP contribution in [0.3, 0.4) is 0 Å². The fraction of sp³-hybridized carbons (Fsp3) is 0.933. The molecule has 0 saturated heterocycles. The highest BCUT2D eigenvalue weighted by Gasteiger charge is 2.66. The first-order valence-corrected chi connectivity index (χ1v) is 14.1. The van der Waals surface area contributed by atoms with E-state index in [0.717, 1.165) is 32.1 Å². The summed E-state index contributed by atoms with van der Waals surface area (Å²) in [6.45, 7) is 16.8. The number of hydrogen-bond donors (Lipinski definition) is 5. The van der Waals surface area contributed by atoms with Gasteiger partial charge in [0.15, 0.2) is 0 Å². The Hall–Kier alpha value is -0.460. The summed E-state index contributed by atoms with van der Waals surface area (Å²) in [5, 5.41) is 54.2. The zero-order chi connectivity index (χ0) is 26.4. The van der Waals surface area contributed by atoms with Crippen molar-refractivity contribution < 1.29 is 25.5 Å². The van der Waals surface area contributed by atoms with E-state index >= 15 is 0 Å². The molecular formula is C30H52O5. The third-order valence-corrected chi connectivity index (χ3v) is 12.2. The molecule has 0 unspecified atom stereocenters. The highest BCUT2D eigenvalue weighted by molar-refractivity contribution is 5.40. The molecule has 0 aromatic rings. The zero-order valence-corrected chi connectivity index (χ0v) is 23.4. The van der Waals surface area contributed by atoms with E-state index in [9.17, 15) is 25.5 Å². The van der Waals surface area contributed by atoms with Crippen molar-refractivity contribution in [3.05, 3.63) is 11.1 Å². The van der Waals surface area contributed by atoms with Crippen LogP contribution in [-0.4, -0.2) is 55.5 Å². The standard InChI is InChI=1S/C30H52O5/c1-17(9-12-23(32)27(4,5)35)18-13-14-29(7)19-10-11-22-26(2,3)25(34)21(31)16-28(22,6)20(19)15-24(33)30(18,29)8/h17-18,21-25,31-35H,9-16H2,1-8H3/t17-,18-,21-,22-,23+,24+,25+,28-,29+,30+/m1/s1. The van der Waals surface area contributed by atoms with Crippen LogP contribution in [0.5, 0.6) is 0 Å². The maximum absolute atomic E-state index is 11.9. The summed E-state index contributed by atoms with van der Waals surface area (Å²) in [6.07, 6.45) is 4.11. The summed E-state index contributed by atoms with van der Waals surface area (Å²) in [5.74, 6) is 0.978. The van der Waals surface area contributed by atoms with Crippen LogP contribution in [0, 0.1) is 39.4 Å². The smallest absolute Gasteiger partial charge is 0.0853 e. The van der Waals surface area contributed by atoms with Gasteiger partial charge in [-0.25, -0.2) is 0 Å². The van der Waals surface area contributed by atoms with Crippen LogP contribution < -0.4 is 0 Å². The molecule has 5 heteroatoms. The number of rotatable bonds is 5. The third kappa shape index (κ3) is 3.81. The molecular weight excluding hydrogens is 440 g/mol. The maximum Gasteiger partial charge on any atom is 0.0853 e. The van der Waals surface area contributed by atoms with Crippen molar-refractivity contribution in [3.63, 3.8) is 0 Å². The van der Waals surface area contributed by atoms with Crippen LogP contribution in [0.4, 0.5) is 0 Å². The zero-order valence-electron chi connectivity index (χ0n) is 23.4. The third-order valence-electron chi connectivity index (χ3n) is 12.2. The van der Waals surface area contributed by atoms with E-state index in [0.29, 0.717) is 31.1 Å². The van der Waals surface area contributed by atoms with E-state index in [1.807, 2.05) is 0 Å². The quantitative estimate of drug-likeness (QED) is 0.362. The summed E-state index contributed by atoms with van der Waals surface area (Å²) in [5.41, 5.74) is 0.884. The topological polar surface area (TPSA) is 101 Å². The SMILES string of the molecule is C[C@H](CC[C@H](O)C(C)(C)O)[C@H]1CC[C@@]2(C)C3=C(C[C@H](O)[C@]12C)[C@@]1(C)C[C@@H](O)[C@H](O)C(C)(C)[C@H]1CC3. The molecule has 4 aliphatic carbocycles. The molecule has 0 radical (unpaired) electrons. The van der Waals surface area contributed by atoms with Gasteiger partial charge in [-0.3, -0.25) is 0 Å². The van der Waals surface area contributed by atoms with Crippen molar-refractivity contribution in [3.8, 4) is 0 Å². The molecule has 5 nitrogen and oxygen atoms in total. The first kappa shape index (κ1) is 27.6. The Balaban J connectivity index is 1.67. The average Bonchev–Trinajstić information content (AvgIpc) is 3.03. The Labute approximate surface area is 213 Å². The molecule has 0 aliphatic heterocycles. The van der Waals surface area contributed by atoms with Crippen LogP contribution in [0.1, 0.15) is 107 Å². The van der Waals surface area contributed by atoms with Gasteiger partial charge in [-0.1, -0.05) is 52.7 Å². The largest absolute Gasteiger partial charge is 0.392 e. The number of aliphatic hydroxyl groups is 5. The van der Waals surface area contributed by atoms with Crippen LogP contribution in [0.2, 0.25) is 0 Å². The monoisotopic (exact) mass is 492 g/mol. The summed E-state index contributed by atoms with van der Waals surface area (Å²) in [7, 11) is 0. The van der Waals surface area contributed by atoms with Gasteiger partial charge in [0.1, 0.15) is 0 Å². The van der Waals surface area contributed by atoms with Crippen LogP contribution in [-0.2, 0) is 0 Å². The molecule has 0 bridgehead atoms. The number of allylic oxidation sites excluding steroid dienone is 1. The Morgan fingerprint density at radius 3 is 2.20 bits per heavy atom. The number of aliphatic hydroxyl groups excluding tert-OH is 4. The van der Waals surface area contributed by atoms with E-state index in [2.05, 4.69) is 41.5 Å². The van der Waals surface area contributed by atoms with Gasteiger partial charge >= 0.3 is 0 Å². The number of fused-ring (bicyclic) bond motifs is 4. The lowest BCUT2D eigenvalue weighted by atomic mass is 9.42. The highest BCUT2D eigenvalue weighted by Crippen LogP contribution is 2.72. The van der Waals surface area contributed by atoms with E-state index < -0.39 is 30.0 Å². The van der Waals surface area contributed by atoms with E-state index in [1.165, 1.54) is 11.1 Å². The maximum atomic E-state index is 11.9. The second kappa shape index (κ2) is 8.53. The Kier molecular flexibility index (Phi) is 6.72. The second-order valence-corrected chi connectivity index (χ2v) is 14.7. The summed E-state index contributed by atoms with van der Waals surface area (Å²) in [6, 6.07) is 0. The Bertz CT molecular complexity index is 857. The Morgan fingerprint density at radius 1 is 0.971 bits per heavy atom. The molecule has 0 heterocycles.